The van der Waals surface area contributed by atoms with E-state index >= 15 is 0 Å². The third-order valence-electron chi connectivity index (χ3n) is 5.64. The molecule has 0 saturated heterocycles. The van der Waals surface area contributed by atoms with Crippen LogP contribution in [0.1, 0.15) is 36.6 Å². The molecule has 0 radical (unpaired) electrons. The van der Waals surface area contributed by atoms with Gasteiger partial charge in [0.05, 0.1) is 6.04 Å². The van der Waals surface area contributed by atoms with E-state index < -0.39 is 6.04 Å². The van der Waals surface area contributed by atoms with Crippen molar-refractivity contribution in [3.63, 3.8) is 0 Å². The van der Waals surface area contributed by atoms with Gasteiger partial charge in [0.25, 0.3) is 5.56 Å². The fourth-order valence-electron chi connectivity index (χ4n) is 3.71. The number of rotatable bonds is 8. The molecule has 1 heterocycles. The number of aryl methyl sites for hydroxylation is 1. The topological polar surface area (TPSA) is 92.2 Å². The van der Waals surface area contributed by atoms with Crippen LogP contribution in [0, 0.1) is 5.82 Å². The van der Waals surface area contributed by atoms with Gasteiger partial charge in [0.1, 0.15) is 18.0 Å². The molecule has 1 aliphatic carbocycles. The summed E-state index contributed by atoms with van der Waals surface area (Å²) in [6.07, 6.45) is 4.08. The molecule has 0 bridgehead atoms. The largest absolute Gasteiger partial charge is 0.354 e. The van der Waals surface area contributed by atoms with Gasteiger partial charge in [-0.3, -0.25) is 14.4 Å². The number of hydrogen-bond donors (Lipinski definition) is 3. The monoisotopic (exact) mass is 428 g/mol. The molecule has 0 unspecified atom stereocenters. The van der Waals surface area contributed by atoms with E-state index in [4.69, 9.17) is 0 Å². The number of halogens is 1. The van der Waals surface area contributed by atoms with Gasteiger partial charge in [-0.1, -0.05) is 12.1 Å². The summed E-state index contributed by atoms with van der Waals surface area (Å²) in [5.41, 5.74) is 2.61. The zero-order chi connectivity index (χ0) is 22.4. The second-order valence-corrected chi connectivity index (χ2v) is 7.85. The molecule has 3 N–H and O–H groups in total. The third-order valence-corrected chi connectivity index (χ3v) is 5.64. The van der Waals surface area contributed by atoms with E-state index in [0.717, 1.165) is 42.5 Å². The van der Waals surface area contributed by atoms with E-state index in [1.54, 1.807) is 32.2 Å². The van der Waals surface area contributed by atoms with E-state index in [1.165, 1.54) is 16.7 Å². The minimum atomic E-state index is -0.446. The molecule has 2 aromatic rings. The number of nitrogens with zero attached hydrogens (tertiary/aromatic N) is 1. The van der Waals surface area contributed by atoms with Gasteiger partial charge in [-0.15, -0.1) is 0 Å². The summed E-state index contributed by atoms with van der Waals surface area (Å²) in [6, 6.07) is 7.44. The summed E-state index contributed by atoms with van der Waals surface area (Å²) in [7, 11) is 1.67. The van der Waals surface area contributed by atoms with Gasteiger partial charge in [-0.2, -0.15) is 0 Å². The summed E-state index contributed by atoms with van der Waals surface area (Å²) >= 11 is 0. The van der Waals surface area contributed by atoms with Gasteiger partial charge in [0, 0.05) is 12.2 Å². The van der Waals surface area contributed by atoms with Gasteiger partial charge >= 0.3 is 0 Å². The van der Waals surface area contributed by atoms with Crippen molar-refractivity contribution in [1.29, 1.82) is 0 Å². The fraction of sp³-hybridized carbons (Fsp3) is 0.435. The van der Waals surface area contributed by atoms with Crippen molar-refractivity contribution in [1.82, 2.24) is 15.2 Å². The van der Waals surface area contributed by atoms with Crippen LogP contribution in [0.15, 0.2) is 35.1 Å². The van der Waals surface area contributed by atoms with Gasteiger partial charge in [-0.25, -0.2) is 4.39 Å². The number of nitrogens with one attached hydrogen (secondary N) is 3. The number of benzene rings is 1. The smallest absolute Gasteiger partial charge is 0.275 e. The van der Waals surface area contributed by atoms with E-state index in [-0.39, 0.29) is 35.4 Å². The minimum absolute atomic E-state index is 0.101. The highest BCUT2D eigenvalue weighted by Gasteiger charge is 2.21. The molecule has 166 valence electrons. The molecular formula is C23H29FN4O3. The molecule has 31 heavy (non-hydrogen) atoms. The molecule has 2 amide bonds. The zero-order valence-corrected chi connectivity index (χ0v) is 18.0. The molecule has 1 aromatic heterocycles. The zero-order valence-electron chi connectivity index (χ0n) is 18.0. The number of pyridine rings is 1. The standard InChI is InChI=1S/C23H29FN4O3/c1-15(25-2)22(30)27-19-13-17-5-3-4-6-20(17)28(23(19)31)14-21(29)26-12-11-16-7-9-18(24)10-8-16/h7-10,13,15,25H,3-6,11-12,14H2,1-2H3,(H,26,29)(H,27,30)/t15-/m0/s1. The Labute approximate surface area is 181 Å². The van der Waals surface area contributed by atoms with Crippen LogP contribution in [0.3, 0.4) is 0 Å². The average molecular weight is 429 g/mol. The number of carbonyl (C=O) groups is 2. The lowest BCUT2D eigenvalue weighted by atomic mass is 9.95. The van der Waals surface area contributed by atoms with E-state index in [2.05, 4.69) is 16.0 Å². The Kier molecular flexibility index (Phi) is 7.57. The number of likely N-dealkylation sites (N-methyl/N-ethyl adjacent to an activating group) is 1. The molecule has 0 saturated carbocycles. The Morgan fingerprint density at radius 3 is 2.58 bits per heavy atom. The Hall–Kier alpha value is -3.00. The van der Waals surface area contributed by atoms with Crippen molar-refractivity contribution < 1.29 is 14.0 Å². The first-order valence-electron chi connectivity index (χ1n) is 10.6. The van der Waals surface area contributed by atoms with Crippen molar-refractivity contribution in [2.75, 3.05) is 18.9 Å². The molecule has 7 nitrogen and oxygen atoms in total. The van der Waals surface area contributed by atoms with Crippen LogP contribution in [0.25, 0.3) is 0 Å². The van der Waals surface area contributed by atoms with Crippen molar-refractivity contribution in [2.24, 2.45) is 0 Å². The molecule has 0 fully saturated rings. The molecule has 1 aromatic carbocycles. The van der Waals surface area contributed by atoms with Crippen LogP contribution in [0.2, 0.25) is 0 Å². The average Bonchev–Trinajstić information content (AvgIpc) is 2.77. The first-order valence-corrected chi connectivity index (χ1v) is 10.6. The van der Waals surface area contributed by atoms with Crippen LogP contribution in [0.4, 0.5) is 10.1 Å². The van der Waals surface area contributed by atoms with E-state index in [0.29, 0.717) is 13.0 Å². The number of hydrogen-bond acceptors (Lipinski definition) is 4. The molecule has 0 aliphatic heterocycles. The number of amides is 2. The van der Waals surface area contributed by atoms with Crippen LogP contribution in [0.5, 0.6) is 0 Å². The highest BCUT2D eigenvalue weighted by molar-refractivity contribution is 5.94. The molecule has 8 heteroatoms. The van der Waals surface area contributed by atoms with Gasteiger partial charge in [-0.05, 0) is 75.4 Å². The lowest BCUT2D eigenvalue weighted by Gasteiger charge is -2.23. The van der Waals surface area contributed by atoms with Crippen LogP contribution >= 0.6 is 0 Å². The quantitative estimate of drug-likeness (QED) is 0.598. The Bertz CT molecular complexity index is 1000. The summed E-state index contributed by atoms with van der Waals surface area (Å²) < 4.78 is 14.5. The molecule has 3 rings (SSSR count). The second kappa shape index (κ2) is 10.3. The SMILES string of the molecule is CN[C@@H](C)C(=O)Nc1cc2c(n(CC(=O)NCCc3ccc(F)cc3)c1=O)CCCC2. The van der Waals surface area contributed by atoms with Gasteiger partial charge < -0.3 is 20.5 Å². The first-order chi connectivity index (χ1) is 14.9. The normalized spacial score (nSPS) is 13.9. The maximum atomic E-state index is 13.1. The van der Waals surface area contributed by atoms with Crippen molar-refractivity contribution in [3.05, 3.63) is 63.3 Å². The van der Waals surface area contributed by atoms with Crippen LogP contribution in [-0.2, 0) is 35.4 Å². The Morgan fingerprint density at radius 1 is 1.16 bits per heavy atom. The van der Waals surface area contributed by atoms with Crippen LogP contribution in [-0.4, -0.2) is 36.0 Å². The Balaban J connectivity index is 1.73. The van der Waals surface area contributed by atoms with Crippen LogP contribution < -0.4 is 21.5 Å². The third kappa shape index (κ3) is 5.79. The minimum Gasteiger partial charge on any atom is -0.354 e. The van der Waals surface area contributed by atoms with Crippen molar-refractivity contribution >= 4 is 17.5 Å². The fourth-order valence-corrected chi connectivity index (χ4v) is 3.71. The molecule has 1 atom stereocenters. The number of anilines is 1. The number of aromatic nitrogens is 1. The van der Waals surface area contributed by atoms with Gasteiger partial charge in [0.2, 0.25) is 11.8 Å². The van der Waals surface area contributed by atoms with E-state index in [1.807, 2.05) is 0 Å². The lowest BCUT2D eigenvalue weighted by Crippen LogP contribution is -2.40. The van der Waals surface area contributed by atoms with Crippen molar-refractivity contribution in [3.8, 4) is 0 Å². The van der Waals surface area contributed by atoms with Gasteiger partial charge in [0.15, 0.2) is 0 Å². The molecule has 0 spiro atoms. The highest BCUT2D eigenvalue weighted by atomic mass is 19.1. The molecular weight excluding hydrogens is 399 g/mol. The lowest BCUT2D eigenvalue weighted by molar-refractivity contribution is -0.121. The molecule has 1 aliphatic rings. The predicted octanol–water partition coefficient (Wildman–Crippen LogP) is 1.77. The predicted molar refractivity (Wildman–Crippen MR) is 118 cm³/mol. The summed E-state index contributed by atoms with van der Waals surface area (Å²) in [4.78, 5) is 37.9. The van der Waals surface area contributed by atoms with Crippen molar-refractivity contribution in [2.45, 2.75) is 51.6 Å². The maximum Gasteiger partial charge on any atom is 0.275 e. The summed E-state index contributed by atoms with van der Waals surface area (Å²) in [5, 5.41) is 8.37. The second-order valence-electron chi connectivity index (χ2n) is 7.85. The first kappa shape index (κ1) is 22.7. The summed E-state index contributed by atoms with van der Waals surface area (Å²) in [5.74, 6) is -0.872. The maximum absolute atomic E-state index is 13.1. The van der Waals surface area contributed by atoms with E-state index in [9.17, 15) is 18.8 Å². The summed E-state index contributed by atoms with van der Waals surface area (Å²) in [6.45, 7) is 1.99. The Morgan fingerprint density at radius 2 is 1.87 bits per heavy atom. The highest BCUT2D eigenvalue weighted by Crippen LogP contribution is 2.22. The number of carbonyl (C=O) groups excluding carboxylic acids is 2. The number of fused-ring (bicyclic) bond motifs is 1.